The first-order chi connectivity index (χ1) is 5.84. The van der Waals surface area contributed by atoms with Gasteiger partial charge >= 0.3 is 0 Å². The molecule has 0 unspecified atom stereocenters. The lowest BCUT2D eigenvalue weighted by atomic mass is 9.95. The maximum atomic E-state index is 5.78. The van der Waals surface area contributed by atoms with E-state index in [0.29, 0.717) is 0 Å². The van der Waals surface area contributed by atoms with Gasteiger partial charge in [-0.3, -0.25) is 0 Å². The quantitative estimate of drug-likeness (QED) is 0.737. The number of halogens is 1. The highest BCUT2D eigenvalue weighted by Gasteiger charge is 2.16. The molecule has 1 aliphatic rings. The third-order valence-corrected chi connectivity index (χ3v) is 2.56. The summed E-state index contributed by atoms with van der Waals surface area (Å²) in [5, 5.41) is 4.09. The van der Waals surface area contributed by atoms with Gasteiger partial charge in [0.25, 0.3) is 0 Å². The lowest BCUT2D eigenvalue weighted by molar-refractivity contribution is 0.346. The van der Waals surface area contributed by atoms with Gasteiger partial charge in [0, 0.05) is 5.02 Å². The van der Waals surface area contributed by atoms with E-state index in [2.05, 4.69) is 17.4 Å². The Hall–Kier alpha value is -0.530. The van der Waals surface area contributed by atoms with Gasteiger partial charge in [-0.25, -0.2) is 0 Å². The van der Waals surface area contributed by atoms with Crippen LogP contribution in [0.2, 0.25) is 5.02 Å². The van der Waals surface area contributed by atoms with E-state index in [1.807, 2.05) is 12.1 Å². The van der Waals surface area contributed by atoms with Gasteiger partial charge in [0.05, 0.1) is 0 Å². The van der Waals surface area contributed by atoms with Crippen molar-refractivity contribution in [1.29, 1.82) is 0 Å². The molecule has 0 radical (unpaired) electrons. The molecule has 1 aliphatic heterocycles. The zero-order valence-electron chi connectivity index (χ0n) is 6.89. The molecule has 0 atom stereocenters. The Balaban J connectivity index is 1.98. The highest BCUT2D eigenvalue weighted by molar-refractivity contribution is 6.30. The van der Waals surface area contributed by atoms with Crippen molar-refractivity contribution in [2.75, 3.05) is 13.1 Å². The summed E-state index contributed by atoms with van der Waals surface area (Å²) in [4.78, 5) is 0. The summed E-state index contributed by atoms with van der Waals surface area (Å²) in [6.45, 7) is 2.34. The molecule has 1 N–H and O–H groups in total. The van der Waals surface area contributed by atoms with Gasteiger partial charge in [0.2, 0.25) is 0 Å². The Labute approximate surface area is 77.7 Å². The van der Waals surface area contributed by atoms with Crippen LogP contribution < -0.4 is 5.32 Å². The first-order valence-corrected chi connectivity index (χ1v) is 4.67. The highest BCUT2D eigenvalue weighted by Crippen LogP contribution is 2.15. The zero-order valence-corrected chi connectivity index (χ0v) is 7.64. The van der Waals surface area contributed by atoms with Crippen LogP contribution in [0.1, 0.15) is 5.56 Å². The third kappa shape index (κ3) is 1.79. The molecular formula is C10H12ClN. The minimum Gasteiger partial charge on any atom is -0.316 e. The van der Waals surface area contributed by atoms with E-state index in [-0.39, 0.29) is 0 Å². The number of hydrogen-bond donors (Lipinski definition) is 1. The largest absolute Gasteiger partial charge is 0.316 e. The van der Waals surface area contributed by atoms with Gasteiger partial charge in [0.1, 0.15) is 0 Å². The molecule has 0 aliphatic carbocycles. The molecule has 2 heteroatoms. The van der Waals surface area contributed by atoms with Gasteiger partial charge in [-0.05, 0) is 43.1 Å². The highest BCUT2D eigenvalue weighted by atomic mass is 35.5. The van der Waals surface area contributed by atoms with E-state index >= 15 is 0 Å². The fraction of sp³-hybridized carbons (Fsp3) is 0.400. The summed E-state index contributed by atoms with van der Waals surface area (Å²) in [5.41, 5.74) is 1.39. The molecule has 1 aromatic rings. The van der Waals surface area contributed by atoms with Crippen molar-refractivity contribution in [3.63, 3.8) is 0 Å². The second kappa shape index (κ2) is 3.46. The smallest absolute Gasteiger partial charge is 0.0406 e. The second-order valence-corrected chi connectivity index (χ2v) is 3.79. The van der Waals surface area contributed by atoms with Crippen molar-refractivity contribution in [3.05, 3.63) is 34.9 Å². The normalized spacial score (nSPS) is 17.4. The van der Waals surface area contributed by atoms with Crippen LogP contribution in [0.15, 0.2) is 24.3 Å². The molecule has 12 heavy (non-hydrogen) atoms. The predicted molar refractivity (Wildman–Crippen MR) is 51.5 cm³/mol. The number of hydrogen-bond acceptors (Lipinski definition) is 1. The van der Waals surface area contributed by atoms with Crippen LogP contribution in [0.4, 0.5) is 0 Å². The van der Waals surface area contributed by atoms with Crippen molar-refractivity contribution in [1.82, 2.24) is 5.32 Å². The van der Waals surface area contributed by atoms with Crippen LogP contribution in [-0.4, -0.2) is 13.1 Å². The molecule has 0 aromatic heterocycles. The molecule has 0 saturated carbocycles. The van der Waals surface area contributed by atoms with Crippen molar-refractivity contribution in [3.8, 4) is 0 Å². The molecule has 0 amide bonds. The molecule has 0 bridgehead atoms. The molecule has 1 saturated heterocycles. The van der Waals surface area contributed by atoms with Gasteiger partial charge in [-0.1, -0.05) is 23.7 Å². The van der Waals surface area contributed by atoms with Crippen molar-refractivity contribution in [2.45, 2.75) is 6.42 Å². The van der Waals surface area contributed by atoms with E-state index < -0.39 is 0 Å². The number of benzene rings is 1. The van der Waals surface area contributed by atoms with E-state index in [9.17, 15) is 0 Å². The Kier molecular flexibility index (Phi) is 2.33. The second-order valence-electron chi connectivity index (χ2n) is 3.35. The summed E-state index contributed by atoms with van der Waals surface area (Å²) in [7, 11) is 0. The van der Waals surface area contributed by atoms with Crippen LogP contribution in [0.25, 0.3) is 0 Å². The van der Waals surface area contributed by atoms with Gasteiger partial charge in [-0.2, -0.15) is 0 Å². The van der Waals surface area contributed by atoms with E-state index in [1.165, 1.54) is 25.1 Å². The van der Waals surface area contributed by atoms with E-state index in [1.54, 1.807) is 0 Å². The summed E-state index contributed by atoms with van der Waals surface area (Å²) in [5.74, 6) is 0.839. The molecule has 1 aromatic carbocycles. The summed E-state index contributed by atoms with van der Waals surface area (Å²) >= 11 is 5.78. The van der Waals surface area contributed by atoms with Crippen molar-refractivity contribution in [2.24, 2.45) is 5.92 Å². The Bertz CT molecular complexity index is 251. The minimum atomic E-state index is 0.825. The first-order valence-electron chi connectivity index (χ1n) is 4.30. The van der Waals surface area contributed by atoms with Crippen LogP contribution in [0, 0.1) is 5.92 Å². The fourth-order valence-electron chi connectivity index (χ4n) is 1.45. The lowest BCUT2D eigenvalue weighted by Crippen LogP contribution is -2.43. The maximum Gasteiger partial charge on any atom is 0.0406 e. The summed E-state index contributed by atoms with van der Waals surface area (Å²) < 4.78 is 0. The number of rotatable bonds is 2. The Morgan fingerprint density at radius 1 is 1.25 bits per heavy atom. The van der Waals surface area contributed by atoms with Crippen molar-refractivity contribution >= 4 is 11.6 Å². The predicted octanol–water partition coefficient (Wildman–Crippen LogP) is 2.10. The summed E-state index contributed by atoms with van der Waals surface area (Å²) in [6, 6.07) is 8.15. The molecular weight excluding hydrogens is 170 g/mol. The molecule has 1 heterocycles. The Morgan fingerprint density at radius 2 is 1.92 bits per heavy atom. The number of nitrogens with one attached hydrogen (secondary N) is 1. The Morgan fingerprint density at radius 3 is 2.42 bits per heavy atom. The molecule has 64 valence electrons. The topological polar surface area (TPSA) is 12.0 Å². The van der Waals surface area contributed by atoms with Crippen molar-refractivity contribution < 1.29 is 0 Å². The molecule has 1 nitrogen and oxygen atoms in total. The monoisotopic (exact) mass is 181 g/mol. The van der Waals surface area contributed by atoms with E-state index in [0.717, 1.165) is 10.9 Å². The average Bonchev–Trinajstić information content (AvgIpc) is 2.00. The zero-order chi connectivity index (χ0) is 8.39. The first kappa shape index (κ1) is 8.09. The van der Waals surface area contributed by atoms with E-state index in [4.69, 9.17) is 11.6 Å². The molecule has 0 spiro atoms. The minimum absolute atomic E-state index is 0.825. The fourth-order valence-corrected chi connectivity index (χ4v) is 1.57. The van der Waals surface area contributed by atoms with Gasteiger partial charge in [-0.15, -0.1) is 0 Å². The SMILES string of the molecule is Clc1ccc(CC2CNC2)cc1. The van der Waals surface area contributed by atoms with Crippen LogP contribution in [-0.2, 0) is 6.42 Å². The average molecular weight is 182 g/mol. The van der Waals surface area contributed by atoms with Gasteiger partial charge < -0.3 is 5.32 Å². The molecule has 2 rings (SSSR count). The lowest BCUT2D eigenvalue weighted by Gasteiger charge is -2.26. The summed E-state index contributed by atoms with van der Waals surface area (Å²) in [6.07, 6.45) is 1.18. The van der Waals surface area contributed by atoms with Gasteiger partial charge in [0.15, 0.2) is 0 Å². The standard InChI is InChI=1S/C10H12ClN/c11-10-3-1-8(2-4-10)5-9-6-12-7-9/h1-4,9,12H,5-7H2. The molecule has 1 fully saturated rings. The maximum absolute atomic E-state index is 5.78. The van der Waals surface area contributed by atoms with Crippen LogP contribution >= 0.6 is 11.6 Å². The van der Waals surface area contributed by atoms with Crippen LogP contribution in [0.5, 0.6) is 0 Å². The third-order valence-electron chi connectivity index (χ3n) is 2.30. The van der Waals surface area contributed by atoms with Crippen LogP contribution in [0.3, 0.4) is 0 Å².